The second-order valence-corrected chi connectivity index (χ2v) is 7.51. The van der Waals surface area contributed by atoms with Crippen LogP contribution in [0.3, 0.4) is 0 Å². The molecule has 0 saturated heterocycles. The fourth-order valence-electron chi connectivity index (χ4n) is 4.20. The number of aliphatic hydroxyl groups is 5. The fraction of sp³-hybridized carbons (Fsp3) is 0.944. The van der Waals surface area contributed by atoms with E-state index in [0.29, 0.717) is 0 Å². The minimum absolute atomic E-state index is 0.0612. The molecule has 0 aliphatic heterocycles. The summed E-state index contributed by atoms with van der Waals surface area (Å²) in [7, 11) is 0. The zero-order chi connectivity index (χ0) is 18.4. The predicted molar refractivity (Wildman–Crippen MR) is 91.7 cm³/mol. The summed E-state index contributed by atoms with van der Waals surface area (Å²) in [6.45, 7) is -0.756. The van der Waals surface area contributed by atoms with E-state index in [-0.39, 0.29) is 12.1 Å². The molecule has 7 nitrogen and oxygen atoms in total. The lowest BCUT2D eigenvalue weighted by molar-refractivity contribution is -0.164. The zero-order valence-corrected chi connectivity index (χ0v) is 14.8. The molecule has 146 valence electrons. The highest BCUT2D eigenvalue weighted by Gasteiger charge is 2.40. The summed E-state index contributed by atoms with van der Waals surface area (Å²) in [6, 6.07) is 0.122. The van der Waals surface area contributed by atoms with Crippen molar-refractivity contribution in [2.24, 2.45) is 0 Å². The number of amides is 1. The maximum atomic E-state index is 13.0. The second kappa shape index (κ2) is 9.83. The summed E-state index contributed by atoms with van der Waals surface area (Å²) < 4.78 is 0. The van der Waals surface area contributed by atoms with Crippen molar-refractivity contribution in [3.63, 3.8) is 0 Å². The zero-order valence-electron chi connectivity index (χ0n) is 14.8. The van der Waals surface area contributed by atoms with E-state index in [1.54, 1.807) is 4.90 Å². The van der Waals surface area contributed by atoms with Gasteiger partial charge in [0, 0.05) is 12.1 Å². The molecule has 2 aliphatic carbocycles. The van der Waals surface area contributed by atoms with Gasteiger partial charge in [0.2, 0.25) is 0 Å². The minimum Gasteiger partial charge on any atom is -0.394 e. The molecule has 2 rings (SSSR count). The van der Waals surface area contributed by atoms with Gasteiger partial charge in [0.1, 0.15) is 18.3 Å². The average molecular weight is 359 g/mol. The number of rotatable bonds is 7. The summed E-state index contributed by atoms with van der Waals surface area (Å²) in [5.74, 6) is -0.574. The highest BCUT2D eigenvalue weighted by molar-refractivity contribution is 5.82. The van der Waals surface area contributed by atoms with Crippen molar-refractivity contribution in [3.05, 3.63) is 0 Å². The fourth-order valence-corrected chi connectivity index (χ4v) is 4.20. The monoisotopic (exact) mass is 359 g/mol. The van der Waals surface area contributed by atoms with E-state index in [1.807, 2.05) is 0 Å². The molecule has 4 atom stereocenters. The third-order valence-corrected chi connectivity index (χ3v) is 5.70. The Labute approximate surface area is 149 Å². The van der Waals surface area contributed by atoms with Crippen molar-refractivity contribution in [3.8, 4) is 0 Å². The van der Waals surface area contributed by atoms with E-state index < -0.39 is 36.9 Å². The Hall–Kier alpha value is -0.730. The van der Waals surface area contributed by atoms with Crippen LogP contribution in [-0.4, -0.2) is 79.4 Å². The van der Waals surface area contributed by atoms with Crippen LogP contribution in [0.2, 0.25) is 0 Å². The molecule has 0 bridgehead atoms. The average Bonchev–Trinajstić information content (AvgIpc) is 2.67. The smallest absolute Gasteiger partial charge is 0.254 e. The van der Waals surface area contributed by atoms with Gasteiger partial charge in [-0.05, 0) is 25.7 Å². The van der Waals surface area contributed by atoms with Crippen LogP contribution in [0.5, 0.6) is 0 Å². The molecule has 0 unspecified atom stereocenters. The largest absolute Gasteiger partial charge is 0.394 e. The third kappa shape index (κ3) is 5.14. The lowest BCUT2D eigenvalue weighted by Crippen LogP contribution is -2.57. The van der Waals surface area contributed by atoms with Crippen LogP contribution in [0.4, 0.5) is 0 Å². The lowest BCUT2D eigenvalue weighted by atomic mass is 9.87. The van der Waals surface area contributed by atoms with E-state index in [2.05, 4.69) is 0 Å². The second-order valence-electron chi connectivity index (χ2n) is 7.51. The van der Waals surface area contributed by atoms with Gasteiger partial charge in [0.15, 0.2) is 6.10 Å². The Balaban J connectivity index is 2.12. The van der Waals surface area contributed by atoms with Crippen LogP contribution in [0.25, 0.3) is 0 Å². The number of carbonyl (C=O) groups excluding carboxylic acids is 1. The van der Waals surface area contributed by atoms with Crippen molar-refractivity contribution in [2.75, 3.05) is 6.61 Å². The van der Waals surface area contributed by atoms with Crippen molar-refractivity contribution >= 4 is 5.91 Å². The first-order valence-electron chi connectivity index (χ1n) is 9.62. The molecule has 2 fully saturated rings. The molecule has 0 aromatic carbocycles. The number of carbonyl (C=O) groups is 1. The van der Waals surface area contributed by atoms with Crippen molar-refractivity contribution in [1.82, 2.24) is 4.90 Å². The Morgan fingerprint density at radius 3 is 1.64 bits per heavy atom. The molecule has 5 N–H and O–H groups in total. The van der Waals surface area contributed by atoms with Crippen LogP contribution < -0.4 is 0 Å². The molecule has 0 aromatic rings. The molecule has 0 aromatic heterocycles. The van der Waals surface area contributed by atoms with Crippen molar-refractivity contribution in [1.29, 1.82) is 0 Å². The third-order valence-electron chi connectivity index (χ3n) is 5.70. The molecule has 1 amide bonds. The normalized spacial score (nSPS) is 25.2. The number of hydrogen-bond acceptors (Lipinski definition) is 6. The lowest BCUT2D eigenvalue weighted by Gasteiger charge is -2.43. The van der Waals surface area contributed by atoms with Crippen molar-refractivity contribution in [2.45, 2.75) is 101 Å². The van der Waals surface area contributed by atoms with Crippen LogP contribution >= 0.6 is 0 Å². The Kier molecular flexibility index (Phi) is 8.09. The molecule has 0 radical (unpaired) electrons. The van der Waals surface area contributed by atoms with E-state index in [4.69, 9.17) is 5.11 Å². The first kappa shape index (κ1) is 20.6. The van der Waals surface area contributed by atoms with E-state index in [0.717, 1.165) is 64.2 Å². The Morgan fingerprint density at radius 1 is 0.800 bits per heavy atom. The van der Waals surface area contributed by atoms with Gasteiger partial charge in [-0.3, -0.25) is 4.79 Å². The highest BCUT2D eigenvalue weighted by atomic mass is 16.4. The molecule has 2 aliphatic rings. The van der Waals surface area contributed by atoms with Gasteiger partial charge >= 0.3 is 0 Å². The summed E-state index contributed by atoms with van der Waals surface area (Å²) in [4.78, 5) is 14.7. The van der Waals surface area contributed by atoms with E-state index >= 15 is 0 Å². The molecular formula is C18H33NO6. The summed E-state index contributed by atoms with van der Waals surface area (Å²) in [5.41, 5.74) is 0. The van der Waals surface area contributed by atoms with Gasteiger partial charge in [0.25, 0.3) is 5.91 Å². The van der Waals surface area contributed by atoms with Crippen LogP contribution in [0.1, 0.15) is 64.2 Å². The molecular weight excluding hydrogens is 326 g/mol. The Bertz CT molecular complexity index is 390. The molecule has 0 spiro atoms. The highest BCUT2D eigenvalue weighted by Crippen LogP contribution is 2.31. The maximum absolute atomic E-state index is 13.0. The Morgan fingerprint density at radius 2 is 1.24 bits per heavy atom. The van der Waals surface area contributed by atoms with Gasteiger partial charge in [-0.1, -0.05) is 38.5 Å². The SMILES string of the molecule is O=C([C@H](O)[C@@H](O)[C@H](O)[C@H](O)CO)N(C1CCCCC1)C1CCCCC1. The summed E-state index contributed by atoms with van der Waals surface area (Å²) in [6.07, 6.45) is 3.06. The molecule has 25 heavy (non-hydrogen) atoms. The van der Waals surface area contributed by atoms with Crippen LogP contribution in [-0.2, 0) is 4.79 Å². The first-order chi connectivity index (χ1) is 12.0. The number of hydrogen-bond donors (Lipinski definition) is 5. The minimum atomic E-state index is -1.83. The van der Waals surface area contributed by atoms with Gasteiger partial charge in [-0.15, -0.1) is 0 Å². The molecule has 0 heterocycles. The maximum Gasteiger partial charge on any atom is 0.254 e. The number of aliphatic hydroxyl groups excluding tert-OH is 5. The standard InChI is InChI=1S/C18H33NO6/c20-11-14(21)15(22)16(23)17(24)18(25)19(12-7-3-1-4-8-12)13-9-5-2-6-10-13/h12-17,20-24H,1-11H2/t14-,15-,16+,17-/m1/s1. The van der Waals surface area contributed by atoms with E-state index in [9.17, 15) is 25.2 Å². The van der Waals surface area contributed by atoms with Gasteiger partial charge in [-0.2, -0.15) is 0 Å². The topological polar surface area (TPSA) is 121 Å². The quantitative estimate of drug-likeness (QED) is 0.433. The van der Waals surface area contributed by atoms with Gasteiger partial charge < -0.3 is 30.4 Å². The summed E-state index contributed by atoms with van der Waals surface area (Å²) in [5, 5.41) is 48.6. The predicted octanol–water partition coefficient (Wildman–Crippen LogP) is -0.0837. The number of nitrogens with zero attached hydrogens (tertiary/aromatic N) is 1. The summed E-state index contributed by atoms with van der Waals surface area (Å²) >= 11 is 0. The first-order valence-corrected chi connectivity index (χ1v) is 9.62. The molecule has 7 heteroatoms. The van der Waals surface area contributed by atoms with E-state index in [1.165, 1.54) is 0 Å². The van der Waals surface area contributed by atoms with Crippen LogP contribution in [0.15, 0.2) is 0 Å². The molecule has 2 saturated carbocycles. The van der Waals surface area contributed by atoms with Gasteiger partial charge in [-0.25, -0.2) is 0 Å². The van der Waals surface area contributed by atoms with Crippen LogP contribution in [0, 0.1) is 0 Å². The van der Waals surface area contributed by atoms with Crippen molar-refractivity contribution < 1.29 is 30.3 Å². The van der Waals surface area contributed by atoms with Gasteiger partial charge in [0.05, 0.1) is 6.61 Å².